The molecule has 1 saturated carbocycles. The molecule has 1 N–H and O–H groups in total. The van der Waals surface area contributed by atoms with Gasteiger partial charge in [0.05, 0.1) is 6.26 Å². The molecule has 2 aromatic rings. The fourth-order valence-corrected chi connectivity index (χ4v) is 6.33. The Hall–Kier alpha value is -2.78. The van der Waals surface area contributed by atoms with Gasteiger partial charge in [-0.05, 0) is 60.4 Å². The lowest BCUT2D eigenvalue weighted by molar-refractivity contribution is -0.134. The second-order valence-electron chi connectivity index (χ2n) is 10.9. The minimum Gasteiger partial charge on any atom is -0.340 e. The van der Waals surface area contributed by atoms with Crippen LogP contribution in [0.5, 0.6) is 0 Å². The number of piperazine rings is 1. The highest BCUT2D eigenvalue weighted by Gasteiger charge is 2.49. The number of hydrogen-bond donors (Lipinski definition) is 1. The molecule has 2 aliphatic rings. The Bertz CT molecular complexity index is 1210. The van der Waals surface area contributed by atoms with Crippen molar-refractivity contribution in [2.75, 3.05) is 32.4 Å². The van der Waals surface area contributed by atoms with Crippen LogP contribution in [0.15, 0.2) is 54.6 Å². The molecule has 0 spiro atoms. The zero-order valence-electron chi connectivity index (χ0n) is 22.2. The third kappa shape index (κ3) is 7.20. The van der Waals surface area contributed by atoms with Gasteiger partial charge in [0.1, 0.15) is 11.9 Å². The van der Waals surface area contributed by atoms with Crippen molar-refractivity contribution in [3.05, 3.63) is 71.5 Å². The van der Waals surface area contributed by atoms with E-state index in [2.05, 4.69) is 12.2 Å². The predicted molar refractivity (Wildman–Crippen MR) is 146 cm³/mol. The molecule has 1 saturated heterocycles. The van der Waals surface area contributed by atoms with Crippen LogP contribution in [-0.4, -0.2) is 67.9 Å². The van der Waals surface area contributed by atoms with E-state index in [9.17, 15) is 22.4 Å². The third-order valence-corrected chi connectivity index (χ3v) is 9.33. The second-order valence-corrected chi connectivity index (χ2v) is 12.9. The number of halogens is 1. The summed E-state index contributed by atoms with van der Waals surface area (Å²) in [4.78, 5) is 27.9. The molecule has 0 bridgehead atoms. The third-order valence-electron chi connectivity index (χ3n) is 8.02. The summed E-state index contributed by atoms with van der Waals surface area (Å²) >= 11 is 0. The van der Waals surface area contributed by atoms with E-state index in [4.69, 9.17) is 0 Å². The van der Waals surface area contributed by atoms with Crippen LogP contribution in [0.4, 0.5) is 4.39 Å². The Labute approximate surface area is 225 Å². The van der Waals surface area contributed by atoms with Crippen molar-refractivity contribution in [1.29, 1.82) is 0 Å². The van der Waals surface area contributed by atoms with Crippen LogP contribution >= 0.6 is 0 Å². The fraction of sp³-hybridized carbons (Fsp3) is 0.517. The number of benzene rings is 2. The molecular formula is C29H38FN3O4S. The summed E-state index contributed by atoms with van der Waals surface area (Å²) in [6.45, 7) is 3.43. The monoisotopic (exact) mass is 543 g/mol. The smallest absolute Gasteiger partial charge is 0.251 e. The van der Waals surface area contributed by atoms with Crippen molar-refractivity contribution in [3.8, 4) is 0 Å². The molecule has 3 atom stereocenters. The van der Waals surface area contributed by atoms with E-state index in [0.29, 0.717) is 31.0 Å². The van der Waals surface area contributed by atoms with Crippen molar-refractivity contribution in [2.24, 2.45) is 5.41 Å². The summed E-state index contributed by atoms with van der Waals surface area (Å²) in [6.07, 6.45) is 6.64. The van der Waals surface area contributed by atoms with Gasteiger partial charge in [0.25, 0.3) is 5.91 Å². The van der Waals surface area contributed by atoms with Gasteiger partial charge in [0.15, 0.2) is 0 Å². The first-order chi connectivity index (χ1) is 18.1. The SMILES string of the molecule is C[C@]1(CCCCC[C@H](NC(=O)c2ccccc2)C(=O)N2CCN(S(C)(=O)=O)CC2)C[C@@H]1c1ccc(F)cc1. The summed E-state index contributed by atoms with van der Waals surface area (Å²) in [5.41, 5.74) is 1.92. The Morgan fingerprint density at radius 2 is 1.66 bits per heavy atom. The maximum atomic E-state index is 13.4. The molecule has 1 heterocycles. The Morgan fingerprint density at radius 1 is 1.00 bits per heavy atom. The van der Waals surface area contributed by atoms with E-state index < -0.39 is 16.1 Å². The second kappa shape index (κ2) is 11.9. The van der Waals surface area contributed by atoms with Gasteiger partial charge in [-0.3, -0.25) is 9.59 Å². The minimum absolute atomic E-state index is 0.159. The summed E-state index contributed by atoms with van der Waals surface area (Å²) in [5, 5.41) is 2.93. The predicted octanol–water partition coefficient (Wildman–Crippen LogP) is 4.17. The highest BCUT2D eigenvalue weighted by atomic mass is 32.2. The molecule has 2 fully saturated rings. The number of unbranched alkanes of at least 4 members (excludes halogenated alkanes) is 2. The van der Waals surface area contributed by atoms with Gasteiger partial charge in [0.2, 0.25) is 15.9 Å². The van der Waals surface area contributed by atoms with E-state index in [-0.39, 0.29) is 36.1 Å². The van der Waals surface area contributed by atoms with Gasteiger partial charge in [-0.1, -0.05) is 56.5 Å². The molecule has 206 valence electrons. The zero-order chi connectivity index (χ0) is 27.3. The number of nitrogens with one attached hydrogen (secondary N) is 1. The first-order valence-corrected chi connectivity index (χ1v) is 15.3. The molecule has 1 aliphatic heterocycles. The molecular weight excluding hydrogens is 505 g/mol. The molecule has 1 aliphatic carbocycles. The number of hydrogen-bond acceptors (Lipinski definition) is 4. The Morgan fingerprint density at radius 3 is 2.29 bits per heavy atom. The van der Waals surface area contributed by atoms with Crippen LogP contribution in [0.1, 0.15) is 67.3 Å². The van der Waals surface area contributed by atoms with Crippen molar-refractivity contribution in [1.82, 2.24) is 14.5 Å². The first kappa shape index (κ1) is 28.2. The van der Waals surface area contributed by atoms with Gasteiger partial charge in [-0.15, -0.1) is 0 Å². The normalized spacial score (nSPS) is 22.6. The molecule has 2 aromatic carbocycles. The maximum absolute atomic E-state index is 13.4. The van der Waals surface area contributed by atoms with Crippen LogP contribution in [-0.2, 0) is 14.8 Å². The number of amides is 2. The Balaban J connectivity index is 1.29. The maximum Gasteiger partial charge on any atom is 0.251 e. The lowest BCUT2D eigenvalue weighted by atomic mass is 9.94. The number of nitrogens with zero attached hydrogens (tertiary/aromatic N) is 2. The summed E-state index contributed by atoms with van der Waals surface area (Å²) in [5.74, 6) is -0.190. The van der Waals surface area contributed by atoms with Gasteiger partial charge in [0, 0.05) is 31.7 Å². The molecule has 2 amide bonds. The molecule has 0 aromatic heterocycles. The Kier molecular flexibility index (Phi) is 8.88. The van der Waals surface area contributed by atoms with Gasteiger partial charge >= 0.3 is 0 Å². The van der Waals surface area contributed by atoms with E-state index in [1.54, 1.807) is 29.2 Å². The molecule has 4 rings (SSSR count). The van der Waals surface area contributed by atoms with Crippen molar-refractivity contribution in [2.45, 2.75) is 57.4 Å². The van der Waals surface area contributed by atoms with Crippen molar-refractivity contribution >= 4 is 21.8 Å². The van der Waals surface area contributed by atoms with E-state index in [1.165, 1.54) is 28.3 Å². The van der Waals surface area contributed by atoms with Crippen molar-refractivity contribution in [3.63, 3.8) is 0 Å². The van der Waals surface area contributed by atoms with Gasteiger partial charge in [-0.25, -0.2) is 12.8 Å². The molecule has 7 nitrogen and oxygen atoms in total. The fourth-order valence-electron chi connectivity index (χ4n) is 5.50. The van der Waals surface area contributed by atoms with Crippen LogP contribution in [0.3, 0.4) is 0 Å². The molecule has 0 unspecified atom stereocenters. The zero-order valence-corrected chi connectivity index (χ0v) is 23.1. The summed E-state index contributed by atoms with van der Waals surface area (Å²) < 4.78 is 38.3. The number of sulfonamides is 1. The average Bonchev–Trinajstić information content (AvgIpc) is 3.58. The topological polar surface area (TPSA) is 86.8 Å². The van der Waals surface area contributed by atoms with Crippen LogP contribution in [0.2, 0.25) is 0 Å². The van der Waals surface area contributed by atoms with Crippen LogP contribution in [0, 0.1) is 11.2 Å². The number of carbonyl (C=O) groups excluding carboxylic acids is 2. The molecule has 0 radical (unpaired) electrons. The quantitative estimate of drug-likeness (QED) is 0.431. The minimum atomic E-state index is -3.29. The lowest BCUT2D eigenvalue weighted by Crippen LogP contribution is -2.55. The first-order valence-electron chi connectivity index (χ1n) is 13.4. The van der Waals surface area contributed by atoms with E-state index >= 15 is 0 Å². The summed E-state index contributed by atoms with van der Waals surface area (Å²) in [7, 11) is -3.29. The largest absolute Gasteiger partial charge is 0.340 e. The number of rotatable bonds is 11. The molecule has 38 heavy (non-hydrogen) atoms. The van der Waals surface area contributed by atoms with Gasteiger partial charge < -0.3 is 10.2 Å². The highest BCUT2D eigenvalue weighted by Crippen LogP contribution is 2.61. The van der Waals surface area contributed by atoms with Gasteiger partial charge in [-0.2, -0.15) is 4.31 Å². The van der Waals surface area contributed by atoms with E-state index in [1.807, 2.05) is 18.2 Å². The average molecular weight is 544 g/mol. The lowest BCUT2D eigenvalue weighted by Gasteiger charge is -2.35. The standard InChI is InChI=1S/C29H38FN3O4S/c1-29(21-25(29)22-12-14-24(30)15-13-22)16-8-4-7-11-26(31-27(34)23-9-5-3-6-10-23)28(35)32-17-19-33(20-18-32)38(2,36)37/h3,5-6,9-10,12-15,25-26H,4,7-8,11,16-21H2,1-2H3,(H,31,34)/t25-,26+,29+/m1/s1. The highest BCUT2D eigenvalue weighted by molar-refractivity contribution is 7.88. The van der Waals surface area contributed by atoms with Crippen molar-refractivity contribution < 1.29 is 22.4 Å². The van der Waals surface area contributed by atoms with Crippen LogP contribution < -0.4 is 5.32 Å². The van der Waals surface area contributed by atoms with Crippen LogP contribution in [0.25, 0.3) is 0 Å². The molecule has 9 heteroatoms. The number of carbonyl (C=O) groups is 2. The summed E-state index contributed by atoms with van der Waals surface area (Å²) in [6, 6.07) is 15.0. The van der Waals surface area contributed by atoms with E-state index in [0.717, 1.165) is 32.1 Å².